The Balaban J connectivity index is -0.000000162. The predicted octanol–water partition coefficient (Wildman–Crippen LogP) is 1.32. The topological polar surface area (TPSA) is 72.8 Å². The minimum atomic E-state index is -3.68. The van der Waals surface area contributed by atoms with E-state index in [1.165, 1.54) is 57.8 Å². The second kappa shape index (κ2) is 22.8. The van der Waals surface area contributed by atoms with Crippen LogP contribution in [0.4, 0.5) is 0 Å². The molecule has 0 atom stereocenters. The van der Waals surface area contributed by atoms with Crippen molar-refractivity contribution in [2.24, 2.45) is 0 Å². The van der Waals surface area contributed by atoms with E-state index in [4.69, 9.17) is 5.11 Å². The smallest absolute Gasteiger partial charge is 1.00 e. The molecule has 138 valence electrons. The van der Waals surface area contributed by atoms with Crippen LogP contribution >= 0.6 is 0 Å². The average Bonchev–Trinajstić information content (AvgIpc) is 2.46. The quantitative estimate of drug-likeness (QED) is 0.372. The zero-order valence-corrected chi connectivity index (χ0v) is 18.5. The summed E-state index contributed by atoms with van der Waals surface area (Å²) < 4.78 is 29.2. The molecule has 0 rings (SSSR count). The van der Waals surface area contributed by atoms with E-state index in [0.717, 1.165) is 6.42 Å². The molecule has 0 spiro atoms. The molecule has 0 fully saturated rings. The molecule has 0 aromatic heterocycles. The Bertz CT molecular complexity index is 281. The molecule has 0 aromatic rings. The molecule has 0 unspecified atom stereocenters. The minimum Gasteiger partial charge on any atom is -1.00 e. The summed E-state index contributed by atoms with van der Waals surface area (Å²) >= 11 is 0. The van der Waals surface area contributed by atoms with Gasteiger partial charge in [-0.15, -0.1) is 0 Å². The summed E-state index contributed by atoms with van der Waals surface area (Å²) in [4.78, 5) is 0. The standard InChI is InChI=1S/C12H26O.C4H10O4S.Na.H/c1-2-3-4-5-6-7-8-9-10-11-12-13;1-3-7-9(5,6)8-4-2;;/h13H,2-12H2,1H3;3-4H2,1-2H3;;/q;;+1;-1. The fourth-order valence-corrected chi connectivity index (χ4v) is 2.57. The first-order valence-corrected chi connectivity index (χ1v) is 10.0. The molecule has 7 heteroatoms. The van der Waals surface area contributed by atoms with Crippen LogP contribution in [0.3, 0.4) is 0 Å². The van der Waals surface area contributed by atoms with E-state index in [0.29, 0.717) is 6.61 Å². The van der Waals surface area contributed by atoms with Crippen molar-refractivity contribution < 1.29 is 52.9 Å². The van der Waals surface area contributed by atoms with Gasteiger partial charge in [-0.1, -0.05) is 64.7 Å². The number of aliphatic hydroxyl groups excluding tert-OH is 1. The van der Waals surface area contributed by atoms with Crippen LogP contribution in [-0.4, -0.2) is 33.3 Å². The van der Waals surface area contributed by atoms with E-state index >= 15 is 0 Å². The van der Waals surface area contributed by atoms with Gasteiger partial charge in [-0.25, -0.2) is 8.37 Å². The van der Waals surface area contributed by atoms with Gasteiger partial charge in [-0.05, 0) is 20.3 Å². The van der Waals surface area contributed by atoms with Gasteiger partial charge >= 0.3 is 40.0 Å². The van der Waals surface area contributed by atoms with Crippen molar-refractivity contribution >= 4 is 10.4 Å². The van der Waals surface area contributed by atoms with Gasteiger partial charge in [-0.3, -0.25) is 0 Å². The molecule has 5 nitrogen and oxygen atoms in total. The number of hydrogen-bond acceptors (Lipinski definition) is 5. The minimum absolute atomic E-state index is 0. The second-order valence-electron chi connectivity index (χ2n) is 5.13. The van der Waals surface area contributed by atoms with Gasteiger partial charge in [0.1, 0.15) is 0 Å². The molecule has 0 radical (unpaired) electrons. The molecule has 0 aliphatic carbocycles. The van der Waals surface area contributed by atoms with Crippen molar-refractivity contribution in [2.75, 3.05) is 19.8 Å². The van der Waals surface area contributed by atoms with E-state index in [9.17, 15) is 8.42 Å². The van der Waals surface area contributed by atoms with Crippen molar-refractivity contribution in [3.05, 3.63) is 0 Å². The van der Waals surface area contributed by atoms with Gasteiger partial charge in [0.05, 0.1) is 13.2 Å². The summed E-state index contributed by atoms with van der Waals surface area (Å²) in [5.74, 6) is 0. The van der Waals surface area contributed by atoms with Crippen LogP contribution in [0.15, 0.2) is 0 Å². The summed E-state index contributed by atoms with van der Waals surface area (Å²) in [6, 6.07) is 0. The second-order valence-corrected chi connectivity index (χ2v) is 6.41. The summed E-state index contributed by atoms with van der Waals surface area (Å²) in [5, 5.41) is 8.57. The maximum absolute atomic E-state index is 10.4. The first kappa shape index (κ1) is 28.6. The van der Waals surface area contributed by atoms with Crippen LogP contribution in [-0.2, 0) is 18.8 Å². The Morgan fingerprint density at radius 2 is 1.09 bits per heavy atom. The molecule has 1 N–H and O–H groups in total. The van der Waals surface area contributed by atoms with E-state index in [1.807, 2.05) is 0 Å². The zero-order chi connectivity index (χ0) is 17.1. The number of hydrogen-bond donors (Lipinski definition) is 1. The van der Waals surface area contributed by atoms with Crippen molar-refractivity contribution in [2.45, 2.75) is 85.0 Å². The van der Waals surface area contributed by atoms with Crippen molar-refractivity contribution in [3.8, 4) is 0 Å². The summed E-state index contributed by atoms with van der Waals surface area (Å²) in [7, 11) is -3.68. The number of aliphatic hydroxyl groups is 1. The van der Waals surface area contributed by atoms with Gasteiger partial charge in [0.15, 0.2) is 0 Å². The first-order chi connectivity index (χ1) is 10.5. The fourth-order valence-electron chi connectivity index (χ4n) is 1.92. The van der Waals surface area contributed by atoms with E-state index in [-0.39, 0.29) is 44.2 Å². The van der Waals surface area contributed by atoms with Crippen molar-refractivity contribution in [1.82, 2.24) is 0 Å². The van der Waals surface area contributed by atoms with E-state index in [1.54, 1.807) is 13.8 Å². The summed E-state index contributed by atoms with van der Waals surface area (Å²) in [5.41, 5.74) is 0. The fraction of sp³-hybridized carbons (Fsp3) is 1.00. The van der Waals surface area contributed by atoms with Crippen molar-refractivity contribution in [1.29, 1.82) is 0 Å². The third kappa shape index (κ3) is 27.9. The van der Waals surface area contributed by atoms with Gasteiger partial charge in [0.25, 0.3) is 0 Å². The predicted molar refractivity (Wildman–Crippen MR) is 92.2 cm³/mol. The maximum Gasteiger partial charge on any atom is 1.00 e. The summed E-state index contributed by atoms with van der Waals surface area (Å²) in [6.45, 7) is 6.02. The Kier molecular flexibility index (Phi) is 28.4. The molecular formula is C16H37NaO5S. The monoisotopic (exact) mass is 364 g/mol. The first-order valence-electron chi connectivity index (χ1n) is 8.68. The molecule has 0 aromatic carbocycles. The average molecular weight is 365 g/mol. The van der Waals surface area contributed by atoms with Crippen LogP contribution in [0.25, 0.3) is 0 Å². The van der Waals surface area contributed by atoms with Crippen molar-refractivity contribution in [3.63, 3.8) is 0 Å². The molecule has 0 aliphatic rings. The van der Waals surface area contributed by atoms with Crippen LogP contribution in [0.1, 0.15) is 86.4 Å². The third-order valence-electron chi connectivity index (χ3n) is 3.04. The SMILES string of the molecule is CCCCCCCCCCCCO.CCOS(=O)(=O)OCC.[H-].[Na+]. The van der Waals surface area contributed by atoms with E-state index < -0.39 is 10.4 Å². The Morgan fingerprint density at radius 1 is 0.739 bits per heavy atom. The van der Waals surface area contributed by atoms with E-state index in [2.05, 4.69) is 15.3 Å². The molecule has 0 aliphatic heterocycles. The van der Waals surface area contributed by atoms with Gasteiger partial charge < -0.3 is 6.53 Å². The van der Waals surface area contributed by atoms with Crippen LogP contribution in [0.5, 0.6) is 0 Å². The molecule has 0 heterocycles. The third-order valence-corrected chi connectivity index (χ3v) is 4.08. The van der Waals surface area contributed by atoms with Crippen LogP contribution < -0.4 is 29.6 Å². The van der Waals surface area contributed by atoms with Gasteiger partial charge in [-0.2, -0.15) is 8.42 Å². The molecule has 23 heavy (non-hydrogen) atoms. The molecule has 0 amide bonds. The molecule has 0 saturated heterocycles. The molecular weight excluding hydrogens is 327 g/mol. The normalized spacial score (nSPS) is 10.6. The molecule has 0 saturated carbocycles. The molecule has 0 bridgehead atoms. The number of unbranched alkanes of at least 4 members (excludes halogenated alkanes) is 9. The Morgan fingerprint density at radius 3 is 1.39 bits per heavy atom. The Labute approximate surface area is 167 Å². The van der Waals surface area contributed by atoms with Gasteiger partial charge in [0.2, 0.25) is 0 Å². The maximum atomic E-state index is 10.4. The van der Waals surface area contributed by atoms with Crippen LogP contribution in [0.2, 0.25) is 0 Å². The largest absolute Gasteiger partial charge is 1.00 e. The zero-order valence-electron chi connectivity index (χ0n) is 16.7. The van der Waals surface area contributed by atoms with Gasteiger partial charge in [0, 0.05) is 6.61 Å². The Hall–Kier alpha value is 0.830. The summed E-state index contributed by atoms with van der Waals surface area (Å²) in [6.07, 6.45) is 13.3. The van der Waals surface area contributed by atoms with Crippen LogP contribution in [0, 0.1) is 0 Å². The number of rotatable bonds is 14.